The van der Waals surface area contributed by atoms with Gasteiger partial charge in [0.2, 0.25) is 25.4 Å². The second kappa shape index (κ2) is 7.98. The number of carbonyl (C=O) groups excluding carboxylic acids is 2. The van der Waals surface area contributed by atoms with E-state index in [-0.39, 0.29) is 25.4 Å². The number of nitrogens with one attached hydrogen (secondary N) is 2. The Morgan fingerprint density at radius 3 is 1.68 bits per heavy atom. The largest absolute Gasteiger partial charge is 0.454 e. The molecule has 2 heterocycles. The topological polar surface area (TPSA) is 120 Å². The van der Waals surface area contributed by atoms with Crippen molar-refractivity contribution >= 4 is 24.2 Å². The van der Waals surface area contributed by atoms with Crippen LogP contribution in [0.15, 0.2) is 46.6 Å². The number of fused-ring (bicyclic) bond motifs is 2. The Hall–Kier alpha value is -4.08. The maximum atomic E-state index is 12.2. The Bertz CT molecular complexity index is 1010. The predicted octanol–water partition coefficient (Wildman–Crippen LogP) is 1.38. The Kier molecular flexibility index (Phi) is 4.87. The number of ether oxygens (including phenoxy) is 4. The van der Waals surface area contributed by atoms with Crippen LogP contribution in [-0.4, -0.2) is 37.8 Å². The zero-order valence-electron chi connectivity index (χ0n) is 16.2. The van der Waals surface area contributed by atoms with Crippen molar-refractivity contribution < 1.29 is 28.5 Å². The van der Waals surface area contributed by atoms with Gasteiger partial charge in [0.1, 0.15) is 0 Å². The van der Waals surface area contributed by atoms with Gasteiger partial charge in [0.25, 0.3) is 0 Å². The summed E-state index contributed by atoms with van der Waals surface area (Å²) in [5.41, 5.74) is 6.45. The van der Waals surface area contributed by atoms with E-state index in [1.807, 2.05) is 0 Å². The van der Waals surface area contributed by atoms with Crippen LogP contribution >= 0.6 is 0 Å². The number of amides is 2. The summed E-state index contributed by atoms with van der Waals surface area (Å²) in [6.07, 6.45) is 3.47. The summed E-state index contributed by atoms with van der Waals surface area (Å²) in [6.45, 7) is 0.386. The van der Waals surface area contributed by atoms with Crippen LogP contribution in [0.3, 0.4) is 0 Å². The fourth-order valence-electron chi connectivity index (χ4n) is 3.27. The third-order valence-electron chi connectivity index (χ3n) is 5.03. The molecule has 0 bridgehead atoms. The molecule has 158 valence electrons. The number of carbonyl (C=O) groups is 2. The van der Waals surface area contributed by atoms with Gasteiger partial charge >= 0.3 is 0 Å². The summed E-state index contributed by atoms with van der Waals surface area (Å²) in [4.78, 5) is 24.4. The van der Waals surface area contributed by atoms with Crippen LogP contribution in [-0.2, 0) is 9.59 Å². The fourth-order valence-corrected chi connectivity index (χ4v) is 3.27. The predicted molar refractivity (Wildman–Crippen MR) is 108 cm³/mol. The molecule has 0 saturated heterocycles. The molecule has 2 aromatic rings. The SMILES string of the molecule is O=C(NN=Cc1ccc2c(c1)OCO2)C1CC1C(=O)NN=Cc1ccc2c(c1)OCO2. The molecule has 10 heteroatoms. The Morgan fingerprint density at radius 2 is 1.19 bits per heavy atom. The van der Waals surface area contributed by atoms with Crippen LogP contribution in [0.4, 0.5) is 0 Å². The molecule has 2 aliphatic heterocycles. The molecule has 2 aromatic carbocycles. The highest BCUT2D eigenvalue weighted by Crippen LogP contribution is 2.39. The molecule has 2 N–H and O–H groups in total. The molecular formula is C21H18N4O6. The summed E-state index contributed by atoms with van der Waals surface area (Å²) in [6, 6.07) is 10.7. The van der Waals surface area contributed by atoms with Gasteiger partial charge in [-0.3, -0.25) is 9.59 Å². The van der Waals surface area contributed by atoms with E-state index in [1.54, 1.807) is 36.4 Å². The lowest BCUT2D eigenvalue weighted by Gasteiger charge is -2.01. The first-order valence-corrected chi connectivity index (χ1v) is 9.62. The number of hydrazone groups is 2. The van der Waals surface area contributed by atoms with Crippen LogP contribution in [0, 0.1) is 11.8 Å². The monoisotopic (exact) mass is 422 g/mol. The molecule has 2 amide bonds. The second-order valence-corrected chi connectivity index (χ2v) is 7.14. The molecule has 3 aliphatic rings. The third kappa shape index (κ3) is 4.13. The first-order chi connectivity index (χ1) is 15.2. The number of hydrogen-bond acceptors (Lipinski definition) is 8. The summed E-state index contributed by atoms with van der Waals surface area (Å²) in [5, 5.41) is 7.90. The molecule has 31 heavy (non-hydrogen) atoms. The number of hydrogen-bond donors (Lipinski definition) is 2. The van der Waals surface area contributed by atoms with E-state index < -0.39 is 11.8 Å². The minimum Gasteiger partial charge on any atom is -0.454 e. The van der Waals surface area contributed by atoms with Crippen LogP contribution in [0.1, 0.15) is 17.5 Å². The highest BCUT2D eigenvalue weighted by molar-refractivity contribution is 5.93. The van der Waals surface area contributed by atoms with Crippen molar-refractivity contribution in [2.75, 3.05) is 13.6 Å². The van der Waals surface area contributed by atoms with E-state index in [4.69, 9.17) is 18.9 Å². The number of rotatable bonds is 6. The second-order valence-electron chi connectivity index (χ2n) is 7.14. The Balaban J connectivity index is 1.08. The molecular weight excluding hydrogens is 404 g/mol. The molecule has 0 spiro atoms. The first kappa shape index (κ1) is 18.9. The highest BCUT2D eigenvalue weighted by atomic mass is 16.7. The molecule has 1 aliphatic carbocycles. The van der Waals surface area contributed by atoms with Crippen LogP contribution in [0.5, 0.6) is 23.0 Å². The van der Waals surface area contributed by atoms with Gasteiger partial charge in [-0.25, -0.2) is 10.9 Å². The normalized spacial score (nSPS) is 20.3. The minimum atomic E-state index is -0.422. The van der Waals surface area contributed by atoms with Gasteiger partial charge in [0.05, 0.1) is 24.3 Å². The number of benzene rings is 2. The molecule has 2 unspecified atom stereocenters. The fraction of sp³-hybridized carbons (Fsp3) is 0.238. The van der Waals surface area contributed by atoms with Crippen molar-refractivity contribution in [2.45, 2.75) is 6.42 Å². The Morgan fingerprint density at radius 1 is 0.742 bits per heavy atom. The highest BCUT2D eigenvalue weighted by Gasteiger charge is 2.48. The average molecular weight is 422 g/mol. The van der Waals surface area contributed by atoms with E-state index in [2.05, 4.69) is 21.1 Å². The molecule has 1 saturated carbocycles. The van der Waals surface area contributed by atoms with E-state index in [1.165, 1.54) is 12.4 Å². The lowest BCUT2D eigenvalue weighted by Crippen LogP contribution is -2.25. The summed E-state index contributed by atoms with van der Waals surface area (Å²) < 4.78 is 21.1. The van der Waals surface area contributed by atoms with Gasteiger partial charge in [-0.2, -0.15) is 10.2 Å². The summed E-state index contributed by atoms with van der Waals surface area (Å²) in [7, 11) is 0. The third-order valence-corrected chi connectivity index (χ3v) is 5.03. The molecule has 1 fully saturated rings. The maximum Gasteiger partial charge on any atom is 0.244 e. The summed E-state index contributed by atoms with van der Waals surface area (Å²) >= 11 is 0. The van der Waals surface area contributed by atoms with Crippen molar-refractivity contribution in [3.05, 3.63) is 47.5 Å². The van der Waals surface area contributed by atoms with Gasteiger partial charge in [0, 0.05) is 0 Å². The van der Waals surface area contributed by atoms with E-state index in [0.717, 1.165) is 11.1 Å². The van der Waals surface area contributed by atoms with Crippen molar-refractivity contribution in [3.63, 3.8) is 0 Å². The van der Waals surface area contributed by atoms with Gasteiger partial charge < -0.3 is 18.9 Å². The molecule has 10 nitrogen and oxygen atoms in total. The van der Waals surface area contributed by atoms with Gasteiger partial charge in [-0.15, -0.1) is 0 Å². The quantitative estimate of drug-likeness (QED) is 0.536. The molecule has 2 atom stereocenters. The van der Waals surface area contributed by atoms with Gasteiger partial charge in [-0.1, -0.05) is 0 Å². The summed E-state index contributed by atoms with van der Waals surface area (Å²) in [5.74, 6) is 1.16. The maximum absolute atomic E-state index is 12.2. The van der Waals surface area contributed by atoms with Crippen molar-refractivity contribution in [3.8, 4) is 23.0 Å². The van der Waals surface area contributed by atoms with E-state index >= 15 is 0 Å². The lowest BCUT2D eigenvalue weighted by molar-refractivity contribution is -0.127. The minimum absolute atomic E-state index is 0.193. The molecule has 0 aromatic heterocycles. The Labute approximate surface area is 176 Å². The van der Waals surface area contributed by atoms with Crippen molar-refractivity contribution in [1.82, 2.24) is 10.9 Å². The van der Waals surface area contributed by atoms with E-state index in [0.29, 0.717) is 29.4 Å². The molecule has 0 radical (unpaired) electrons. The van der Waals surface area contributed by atoms with Gasteiger partial charge in [-0.05, 0) is 53.9 Å². The van der Waals surface area contributed by atoms with Gasteiger partial charge in [0.15, 0.2) is 23.0 Å². The zero-order chi connectivity index (χ0) is 21.2. The van der Waals surface area contributed by atoms with E-state index in [9.17, 15) is 9.59 Å². The molecule has 5 rings (SSSR count). The lowest BCUT2D eigenvalue weighted by atomic mass is 10.2. The van der Waals surface area contributed by atoms with Crippen molar-refractivity contribution in [2.24, 2.45) is 22.0 Å². The van der Waals surface area contributed by atoms with Crippen LogP contribution < -0.4 is 29.8 Å². The first-order valence-electron chi connectivity index (χ1n) is 9.62. The smallest absolute Gasteiger partial charge is 0.244 e. The van der Waals surface area contributed by atoms with Crippen LogP contribution in [0.2, 0.25) is 0 Å². The zero-order valence-corrected chi connectivity index (χ0v) is 16.2. The van der Waals surface area contributed by atoms with Crippen molar-refractivity contribution in [1.29, 1.82) is 0 Å². The van der Waals surface area contributed by atoms with Crippen LogP contribution in [0.25, 0.3) is 0 Å². The average Bonchev–Trinajstić information content (AvgIpc) is 3.21. The standard InChI is InChI=1S/C21H18N4O6/c26-20(24-22-8-12-1-3-16-18(5-12)30-10-28-16)14-7-15(14)21(27)25-23-9-13-2-4-17-19(6-13)31-11-29-17/h1-6,8-9,14-15H,7,10-11H2,(H,24,26)(H,25,27). The number of nitrogens with zero attached hydrogens (tertiary/aromatic N) is 2.